The number of halogens is 1. The van der Waals surface area contributed by atoms with Gasteiger partial charge in [-0.3, -0.25) is 4.99 Å². The van der Waals surface area contributed by atoms with Crippen LogP contribution in [0.3, 0.4) is 0 Å². The van der Waals surface area contributed by atoms with Crippen molar-refractivity contribution < 1.29 is 13.7 Å². The summed E-state index contributed by atoms with van der Waals surface area (Å²) in [6.45, 7) is 10.1. The lowest BCUT2D eigenvalue weighted by Gasteiger charge is -2.32. The second-order valence-electron chi connectivity index (χ2n) is 8.47. The van der Waals surface area contributed by atoms with Gasteiger partial charge in [-0.1, -0.05) is 18.9 Å². The van der Waals surface area contributed by atoms with Crippen LogP contribution < -0.4 is 5.46 Å². The van der Waals surface area contributed by atoms with Crippen molar-refractivity contribution in [2.24, 2.45) is 4.99 Å². The maximum atomic E-state index is 14.8. The second kappa shape index (κ2) is 4.92. The van der Waals surface area contributed by atoms with Gasteiger partial charge in [0.1, 0.15) is 11.5 Å². The molecule has 0 aromatic heterocycles. The van der Waals surface area contributed by atoms with Gasteiger partial charge < -0.3 is 9.31 Å². The van der Waals surface area contributed by atoms with Crippen molar-refractivity contribution in [1.29, 1.82) is 0 Å². The van der Waals surface area contributed by atoms with Crippen molar-refractivity contribution in [3.8, 4) is 0 Å². The van der Waals surface area contributed by atoms with E-state index in [4.69, 9.17) is 9.31 Å². The fraction of sp³-hybridized carbons (Fsp3) is 0.632. The average molecular weight is 329 g/mol. The van der Waals surface area contributed by atoms with Gasteiger partial charge in [-0.15, -0.1) is 0 Å². The predicted octanol–water partition coefficient (Wildman–Crippen LogP) is 4.04. The SMILES string of the molecule is CC1=Nc2c(F)cc(B3OC(C)(C)C(C)(C)O3)cc2C12CCCC2. The van der Waals surface area contributed by atoms with E-state index < -0.39 is 18.3 Å². The highest BCUT2D eigenvalue weighted by atomic mass is 19.1. The first-order valence-electron chi connectivity index (χ1n) is 8.92. The summed E-state index contributed by atoms with van der Waals surface area (Å²) in [7, 11) is -0.533. The monoisotopic (exact) mass is 329 g/mol. The smallest absolute Gasteiger partial charge is 0.399 e. The third-order valence-corrected chi connectivity index (χ3v) is 6.56. The van der Waals surface area contributed by atoms with Crippen molar-refractivity contribution in [1.82, 2.24) is 0 Å². The number of hydrogen-bond donors (Lipinski definition) is 0. The number of hydrogen-bond acceptors (Lipinski definition) is 3. The van der Waals surface area contributed by atoms with E-state index >= 15 is 0 Å². The molecule has 4 rings (SSSR count). The number of benzene rings is 1. The first-order valence-corrected chi connectivity index (χ1v) is 8.92. The molecule has 0 amide bonds. The summed E-state index contributed by atoms with van der Waals surface area (Å²) in [5.74, 6) is -0.264. The zero-order valence-corrected chi connectivity index (χ0v) is 15.2. The molecule has 3 aliphatic rings. The van der Waals surface area contributed by atoms with Crippen LogP contribution in [0.1, 0.15) is 65.9 Å². The first kappa shape index (κ1) is 16.3. The summed E-state index contributed by atoms with van der Waals surface area (Å²) >= 11 is 0. The molecule has 0 bridgehead atoms. The van der Waals surface area contributed by atoms with Crippen LogP contribution >= 0.6 is 0 Å². The number of aliphatic imine (C=N–C) groups is 1. The Morgan fingerprint density at radius 1 is 1.04 bits per heavy atom. The fourth-order valence-electron chi connectivity index (χ4n) is 4.29. The maximum Gasteiger partial charge on any atom is 0.494 e. The Labute approximate surface area is 143 Å². The normalized spacial score (nSPS) is 26.1. The molecule has 0 unspecified atom stereocenters. The van der Waals surface area contributed by atoms with E-state index in [9.17, 15) is 4.39 Å². The molecule has 5 heteroatoms. The van der Waals surface area contributed by atoms with Crippen molar-refractivity contribution in [2.45, 2.75) is 76.9 Å². The zero-order chi connectivity index (χ0) is 17.3. The van der Waals surface area contributed by atoms with Gasteiger partial charge >= 0.3 is 7.12 Å². The Hall–Kier alpha value is -1.20. The lowest BCUT2D eigenvalue weighted by atomic mass is 9.72. The number of fused-ring (bicyclic) bond motifs is 2. The van der Waals surface area contributed by atoms with Crippen LogP contribution in [0.2, 0.25) is 0 Å². The van der Waals surface area contributed by atoms with Crippen LogP contribution in [0.15, 0.2) is 17.1 Å². The van der Waals surface area contributed by atoms with Gasteiger partial charge in [-0.25, -0.2) is 4.39 Å². The Kier molecular flexibility index (Phi) is 3.34. The topological polar surface area (TPSA) is 30.8 Å². The largest absolute Gasteiger partial charge is 0.494 e. The molecule has 128 valence electrons. The Morgan fingerprint density at radius 3 is 2.21 bits per heavy atom. The summed E-state index contributed by atoms with van der Waals surface area (Å²) in [5, 5.41) is 0. The van der Waals surface area contributed by atoms with Gasteiger partial charge in [-0.2, -0.15) is 0 Å². The van der Waals surface area contributed by atoms with Crippen molar-refractivity contribution >= 4 is 24.0 Å². The molecule has 0 N–H and O–H groups in total. The maximum absolute atomic E-state index is 14.8. The molecule has 2 fully saturated rings. The van der Waals surface area contributed by atoms with Crippen LogP contribution in [0.4, 0.5) is 10.1 Å². The Bertz CT molecular complexity index is 719. The highest BCUT2D eigenvalue weighted by Crippen LogP contribution is 2.51. The predicted molar refractivity (Wildman–Crippen MR) is 95.0 cm³/mol. The molecule has 1 saturated carbocycles. The molecule has 1 aromatic rings. The minimum absolute atomic E-state index is 0.0736. The van der Waals surface area contributed by atoms with Crippen LogP contribution in [0.25, 0.3) is 0 Å². The van der Waals surface area contributed by atoms with Crippen molar-refractivity contribution in [3.05, 3.63) is 23.5 Å². The zero-order valence-electron chi connectivity index (χ0n) is 15.2. The summed E-state index contributed by atoms with van der Waals surface area (Å²) in [5.41, 5.74) is 2.45. The van der Waals surface area contributed by atoms with E-state index in [-0.39, 0.29) is 11.2 Å². The lowest BCUT2D eigenvalue weighted by molar-refractivity contribution is 0.00578. The van der Waals surface area contributed by atoms with Crippen molar-refractivity contribution in [3.63, 3.8) is 0 Å². The molecular weight excluding hydrogens is 304 g/mol. The first-order chi connectivity index (χ1) is 11.2. The summed E-state index contributed by atoms with van der Waals surface area (Å²) < 4.78 is 27.0. The average Bonchev–Trinajstić information content (AvgIpc) is 3.12. The summed E-state index contributed by atoms with van der Waals surface area (Å²) in [6, 6.07) is 3.61. The fourth-order valence-corrected chi connectivity index (χ4v) is 4.29. The van der Waals surface area contributed by atoms with E-state index in [0.717, 1.165) is 29.6 Å². The van der Waals surface area contributed by atoms with E-state index in [2.05, 4.69) is 11.1 Å². The van der Waals surface area contributed by atoms with Gasteiger partial charge in [-0.05, 0) is 64.6 Å². The van der Waals surface area contributed by atoms with Gasteiger partial charge in [0.2, 0.25) is 0 Å². The van der Waals surface area contributed by atoms with E-state index in [1.165, 1.54) is 18.9 Å². The molecule has 3 nitrogen and oxygen atoms in total. The molecule has 2 heterocycles. The lowest BCUT2D eigenvalue weighted by Crippen LogP contribution is -2.41. The Balaban J connectivity index is 1.77. The summed E-state index contributed by atoms with van der Waals surface area (Å²) in [4.78, 5) is 4.57. The third-order valence-electron chi connectivity index (χ3n) is 6.56. The van der Waals surface area contributed by atoms with Gasteiger partial charge in [0.05, 0.1) is 11.2 Å². The van der Waals surface area contributed by atoms with Crippen LogP contribution in [-0.2, 0) is 14.7 Å². The highest BCUT2D eigenvalue weighted by Gasteiger charge is 2.53. The van der Waals surface area contributed by atoms with E-state index in [1.54, 1.807) is 0 Å². The highest BCUT2D eigenvalue weighted by molar-refractivity contribution is 6.62. The summed E-state index contributed by atoms with van der Waals surface area (Å²) in [6.07, 6.45) is 4.46. The minimum Gasteiger partial charge on any atom is -0.399 e. The molecule has 2 aliphatic heterocycles. The third kappa shape index (κ3) is 2.07. The van der Waals surface area contributed by atoms with E-state index in [0.29, 0.717) is 5.69 Å². The number of nitrogens with zero attached hydrogens (tertiary/aromatic N) is 1. The van der Waals surface area contributed by atoms with Crippen LogP contribution in [0, 0.1) is 5.82 Å². The van der Waals surface area contributed by atoms with Gasteiger partial charge in [0, 0.05) is 11.1 Å². The molecule has 24 heavy (non-hydrogen) atoms. The standard InChI is InChI=1S/C19H25BFNO2/c1-12-19(8-6-7-9-19)14-10-13(11-15(21)16(14)22-12)20-23-17(2,3)18(4,5)24-20/h10-11H,6-9H2,1-5H3. The van der Waals surface area contributed by atoms with Gasteiger partial charge in [0.25, 0.3) is 0 Å². The molecule has 0 radical (unpaired) electrons. The number of rotatable bonds is 1. The second-order valence-corrected chi connectivity index (χ2v) is 8.47. The molecule has 1 aromatic carbocycles. The van der Waals surface area contributed by atoms with E-state index in [1.807, 2.05) is 34.6 Å². The van der Waals surface area contributed by atoms with Crippen LogP contribution in [0.5, 0.6) is 0 Å². The quantitative estimate of drug-likeness (QED) is 0.728. The van der Waals surface area contributed by atoms with Crippen molar-refractivity contribution in [2.75, 3.05) is 0 Å². The molecular formula is C19H25BFNO2. The molecule has 1 spiro atoms. The Morgan fingerprint density at radius 2 is 1.62 bits per heavy atom. The van der Waals surface area contributed by atoms with Gasteiger partial charge in [0.15, 0.2) is 0 Å². The molecule has 1 aliphatic carbocycles. The molecule has 0 atom stereocenters. The molecule has 1 saturated heterocycles. The minimum atomic E-state index is -0.533. The van der Waals surface area contributed by atoms with Crippen LogP contribution in [-0.4, -0.2) is 24.0 Å².